The Kier molecular flexibility index (Phi) is 10.9. The maximum Gasteiger partial charge on any atom is 0.293 e. The van der Waals surface area contributed by atoms with Crippen LogP contribution < -0.4 is 19.7 Å². The molecule has 9 rings (SSSR count). The van der Waals surface area contributed by atoms with Crippen molar-refractivity contribution in [1.82, 2.24) is 14.7 Å². The summed E-state index contributed by atoms with van der Waals surface area (Å²) in [4.78, 5) is 34.8. The summed E-state index contributed by atoms with van der Waals surface area (Å²) in [6.07, 6.45) is 9.36. The van der Waals surface area contributed by atoms with Gasteiger partial charge in [-0.3, -0.25) is 14.9 Å². The average Bonchev–Trinajstić information content (AvgIpc) is 3.77. The number of hydrogen-bond donors (Lipinski definition) is 3. The van der Waals surface area contributed by atoms with Crippen molar-refractivity contribution in [2.24, 2.45) is 5.92 Å². The van der Waals surface area contributed by atoms with Gasteiger partial charge >= 0.3 is 0 Å². The molecule has 2 aliphatic heterocycles. The molecule has 4 aromatic carbocycles. The van der Waals surface area contributed by atoms with Crippen LogP contribution in [0.1, 0.15) is 72.0 Å². The molecule has 4 heterocycles. The lowest BCUT2D eigenvalue weighted by Gasteiger charge is -2.29. The van der Waals surface area contributed by atoms with Crippen molar-refractivity contribution in [2.75, 3.05) is 36.5 Å². The topological polar surface area (TPSA) is 169 Å². The number of anilines is 2. The van der Waals surface area contributed by atoms with Gasteiger partial charge in [-0.05, 0) is 127 Å². The number of benzene rings is 4. The SMILES string of the molecule is O=C(NS(=O)(=O)c1ccc(NCC2CCOCC2)c([N+](=O)[O-])c1)c1ccc(-c2ccc(N3CCCC3c3cccc(Cl)c3C3CC3)cc2)cc1Oc1cnc2[nH]ccc2c1. The van der Waals surface area contributed by atoms with Crippen molar-refractivity contribution in [2.45, 2.75) is 55.4 Å². The van der Waals surface area contributed by atoms with E-state index < -0.39 is 31.4 Å². The van der Waals surface area contributed by atoms with Crippen LogP contribution in [0.15, 0.2) is 108 Å². The van der Waals surface area contributed by atoms with Gasteiger partial charge in [-0.25, -0.2) is 18.1 Å². The molecule has 0 spiro atoms. The summed E-state index contributed by atoms with van der Waals surface area (Å²) in [5, 5.41) is 16.8. The second-order valence-corrected chi connectivity index (χ2v) is 17.7. The predicted octanol–water partition coefficient (Wildman–Crippen LogP) is 9.76. The number of fused-ring (bicyclic) bond motifs is 1. The Morgan fingerprint density at radius 3 is 2.55 bits per heavy atom. The zero-order chi connectivity index (χ0) is 41.4. The number of pyridine rings is 1. The molecule has 1 unspecified atom stereocenters. The smallest absolute Gasteiger partial charge is 0.293 e. The van der Waals surface area contributed by atoms with Gasteiger partial charge in [0, 0.05) is 54.7 Å². The Morgan fingerprint density at radius 2 is 1.77 bits per heavy atom. The lowest BCUT2D eigenvalue weighted by Crippen LogP contribution is -2.31. The summed E-state index contributed by atoms with van der Waals surface area (Å²) in [7, 11) is -4.57. The van der Waals surface area contributed by atoms with Gasteiger partial charge in [-0.1, -0.05) is 41.9 Å². The van der Waals surface area contributed by atoms with E-state index in [0.29, 0.717) is 37.1 Å². The van der Waals surface area contributed by atoms with E-state index in [9.17, 15) is 23.3 Å². The number of nitrogens with zero attached hydrogens (tertiary/aromatic N) is 3. The standard InChI is InChI=1S/C45H43ClN6O7S/c46-38-4-1-3-36(43(38)30-6-7-30)40-5-2-20-51(40)33-11-8-29(9-12-33)31-10-14-37(42(24-31)59-34-23-32-16-19-47-44(32)49-27-34)45(53)50-60(56,57)35-13-15-39(41(25-35)52(54)55)48-26-28-17-21-58-22-18-28/h1,3-4,8-16,19,23-25,27-28,30,40,48H,2,5-7,17-18,20-22,26H2,(H,47,49)(H,50,53). The Balaban J connectivity index is 0.983. The third kappa shape index (κ3) is 8.27. The molecular formula is C45H43ClN6O7S. The van der Waals surface area contributed by atoms with Crippen molar-refractivity contribution in [3.8, 4) is 22.6 Å². The highest BCUT2D eigenvalue weighted by Crippen LogP contribution is 2.49. The monoisotopic (exact) mass is 846 g/mol. The number of nitrogens with one attached hydrogen (secondary N) is 3. The fourth-order valence-electron chi connectivity index (χ4n) is 8.39. The Morgan fingerprint density at radius 1 is 0.967 bits per heavy atom. The molecule has 60 heavy (non-hydrogen) atoms. The molecule has 1 atom stereocenters. The van der Waals surface area contributed by atoms with E-state index in [1.165, 1.54) is 48.4 Å². The van der Waals surface area contributed by atoms with Crippen LogP contribution in [0.3, 0.4) is 0 Å². The van der Waals surface area contributed by atoms with Crippen LogP contribution in [0.25, 0.3) is 22.2 Å². The molecule has 13 nitrogen and oxygen atoms in total. The number of sulfonamides is 1. The number of amides is 1. The highest BCUT2D eigenvalue weighted by Gasteiger charge is 2.34. The first kappa shape index (κ1) is 39.5. The van der Waals surface area contributed by atoms with Crippen molar-refractivity contribution < 1.29 is 27.6 Å². The Labute approximate surface area is 352 Å². The molecule has 3 aliphatic rings. The zero-order valence-corrected chi connectivity index (χ0v) is 34.2. The van der Waals surface area contributed by atoms with Crippen molar-refractivity contribution in [3.63, 3.8) is 0 Å². The number of ether oxygens (including phenoxy) is 2. The lowest BCUT2D eigenvalue weighted by atomic mass is 9.95. The van der Waals surface area contributed by atoms with E-state index >= 15 is 0 Å². The number of carbonyl (C=O) groups is 1. The van der Waals surface area contributed by atoms with Gasteiger partial charge in [0.15, 0.2) is 0 Å². The van der Waals surface area contributed by atoms with E-state index in [-0.39, 0.29) is 29.0 Å². The van der Waals surface area contributed by atoms with Crippen LogP contribution in [0, 0.1) is 16.0 Å². The molecule has 308 valence electrons. The number of H-pyrrole nitrogens is 1. The highest BCUT2D eigenvalue weighted by atomic mass is 35.5. The Hall–Kier alpha value is -5.96. The molecule has 15 heteroatoms. The summed E-state index contributed by atoms with van der Waals surface area (Å²) in [5.74, 6) is 0.250. The highest BCUT2D eigenvalue weighted by molar-refractivity contribution is 7.90. The van der Waals surface area contributed by atoms with Crippen LogP contribution in [0.2, 0.25) is 5.02 Å². The van der Waals surface area contributed by atoms with E-state index in [0.717, 1.165) is 65.5 Å². The molecule has 1 amide bonds. The minimum Gasteiger partial charge on any atom is -0.455 e. The van der Waals surface area contributed by atoms with E-state index in [1.54, 1.807) is 24.4 Å². The number of halogens is 1. The molecule has 2 aromatic heterocycles. The largest absolute Gasteiger partial charge is 0.455 e. The third-order valence-electron chi connectivity index (χ3n) is 11.7. The number of nitro benzene ring substituents is 1. The zero-order valence-electron chi connectivity index (χ0n) is 32.6. The maximum absolute atomic E-state index is 13.9. The van der Waals surface area contributed by atoms with Crippen LogP contribution >= 0.6 is 11.6 Å². The number of carbonyl (C=O) groups excluding carboxylic acids is 1. The molecule has 3 N–H and O–H groups in total. The van der Waals surface area contributed by atoms with Crippen LogP contribution in [-0.4, -0.2) is 55.5 Å². The average molecular weight is 847 g/mol. The minimum absolute atomic E-state index is 0.0646. The summed E-state index contributed by atoms with van der Waals surface area (Å²) >= 11 is 6.74. The first-order valence-corrected chi connectivity index (χ1v) is 22.0. The maximum atomic E-state index is 13.9. The molecular weight excluding hydrogens is 804 g/mol. The molecule has 0 radical (unpaired) electrons. The summed E-state index contributed by atoms with van der Waals surface area (Å²) in [6, 6.07) is 26.8. The van der Waals surface area contributed by atoms with Gasteiger partial charge in [0.2, 0.25) is 0 Å². The second kappa shape index (κ2) is 16.6. The number of rotatable bonds is 13. The fourth-order valence-corrected chi connectivity index (χ4v) is 9.71. The number of aromatic amines is 1. The van der Waals surface area contributed by atoms with Gasteiger partial charge in [-0.2, -0.15) is 0 Å². The lowest BCUT2D eigenvalue weighted by molar-refractivity contribution is -0.384. The number of aromatic nitrogens is 2. The molecule has 2 saturated heterocycles. The second-order valence-electron chi connectivity index (χ2n) is 15.6. The van der Waals surface area contributed by atoms with Gasteiger partial charge in [0.05, 0.1) is 27.6 Å². The molecule has 1 saturated carbocycles. The first-order chi connectivity index (χ1) is 29.1. The van der Waals surface area contributed by atoms with E-state index in [1.807, 2.05) is 30.3 Å². The van der Waals surface area contributed by atoms with Crippen LogP contribution in [0.4, 0.5) is 17.1 Å². The quantitative estimate of drug-likeness (QED) is 0.0752. The van der Waals surface area contributed by atoms with Gasteiger partial charge in [0.1, 0.15) is 22.8 Å². The summed E-state index contributed by atoms with van der Waals surface area (Å²) in [5.41, 5.74) is 5.64. The van der Waals surface area contributed by atoms with E-state index in [2.05, 4.69) is 43.1 Å². The van der Waals surface area contributed by atoms with Crippen LogP contribution in [0.5, 0.6) is 11.5 Å². The fraction of sp³-hybridized carbons (Fsp3) is 0.289. The molecule has 3 fully saturated rings. The molecule has 0 bridgehead atoms. The van der Waals surface area contributed by atoms with Crippen molar-refractivity contribution in [3.05, 3.63) is 135 Å². The molecule has 1 aliphatic carbocycles. The van der Waals surface area contributed by atoms with Gasteiger partial charge in [-0.15, -0.1) is 0 Å². The van der Waals surface area contributed by atoms with E-state index in [4.69, 9.17) is 21.1 Å². The number of hydrogen-bond acceptors (Lipinski definition) is 10. The Bertz CT molecular complexity index is 2700. The normalized spacial score (nSPS) is 17.1. The summed E-state index contributed by atoms with van der Waals surface area (Å²) < 4.78 is 41.1. The van der Waals surface area contributed by atoms with Crippen molar-refractivity contribution in [1.29, 1.82) is 0 Å². The summed E-state index contributed by atoms with van der Waals surface area (Å²) in [6.45, 7) is 2.65. The molecule has 6 aromatic rings. The van der Waals surface area contributed by atoms with Crippen LogP contribution in [-0.2, 0) is 14.8 Å². The third-order valence-corrected chi connectivity index (χ3v) is 13.3. The van der Waals surface area contributed by atoms with Crippen molar-refractivity contribution >= 4 is 55.6 Å². The first-order valence-electron chi connectivity index (χ1n) is 20.2. The van der Waals surface area contributed by atoms with Gasteiger partial charge in [0.25, 0.3) is 21.6 Å². The number of nitro groups is 1. The van der Waals surface area contributed by atoms with Gasteiger partial charge < -0.3 is 24.7 Å². The predicted molar refractivity (Wildman–Crippen MR) is 231 cm³/mol. The minimum atomic E-state index is -4.57.